The third kappa shape index (κ3) is 5.70. The molecule has 1 amide bonds. The van der Waals surface area contributed by atoms with Gasteiger partial charge in [-0.15, -0.1) is 0 Å². The average Bonchev–Trinajstić information content (AvgIpc) is 2.58. The van der Waals surface area contributed by atoms with E-state index in [1.54, 1.807) is 24.4 Å². The van der Waals surface area contributed by atoms with Crippen LogP contribution in [0.15, 0.2) is 42.6 Å². The molecule has 1 aromatic heterocycles. The Balaban J connectivity index is 1.81. The normalized spacial score (nSPS) is 10.3. The van der Waals surface area contributed by atoms with E-state index >= 15 is 0 Å². The largest absolute Gasteiger partial charge is 0.384 e. The van der Waals surface area contributed by atoms with Gasteiger partial charge < -0.3 is 10.6 Å². The summed E-state index contributed by atoms with van der Waals surface area (Å²) < 4.78 is 12.8. The van der Waals surface area contributed by atoms with Gasteiger partial charge in [0.05, 0.1) is 11.9 Å². The Bertz CT molecular complexity index is 611. The van der Waals surface area contributed by atoms with Crippen molar-refractivity contribution < 1.29 is 9.18 Å². The number of carbonyl (C=O) groups is 1. The molecule has 0 radical (unpaired) electrons. The maximum Gasteiger partial charge on any atom is 0.270 e. The van der Waals surface area contributed by atoms with E-state index in [-0.39, 0.29) is 11.7 Å². The van der Waals surface area contributed by atoms with Crippen LogP contribution in [0.1, 0.15) is 42.2 Å². The highest BCUT2D eigenvalue weighted by Crippen LogP contribution is 2.08. The van der Waals surface area contributed by atoms with E-state index in [9.17, 15) is 9.18 Å². The Hall–Kier alpha value is -2.43. The first-order valence-electron chi connectivity index (χ1n) is 7.91. The number of rotatable bonds is 8. The summed E-state index contributed by atoms with van der Waals surface area (Å²) in [4.78, 5) is 16.2. The van der Waals surface area contributed by atoms with Crippen molar-refractivity contribution in [1.29, 1.82) is 0 Å². The van der Waals surface area contributed by atoms with Crippen molar-refractivity contribution in [2.24, 2.45) is 0 Å². The van der Waals surface area contributed by atoms with E-state index < -0.39 is 0 Å². The van der Waals surface area contributed by atoms with Gasteiger partial charge in [-0.05, 0) is 36.2 Å². The van der Waals surface area contributed by atoms with Gasteiger partial charge in [0.25, 0.3) is 5.91 Å². The number of nitrogens with zero attached hydrogens (tertiary/aromatic N) is 1. The Labute approximate surface area is 136 Å². The van der Waals surface area contributed by atoms with Crippen molar-refractivity contribution in [1.82, 2.24) is 10.3 Å². The molecule has 0 aliphatic carbocycles. The predicted molar refractivity (Wildman–Crippen MR) is 89.8 cm³/mol. The maximum absolute atomic E-state index is 12.8. The number of aromatic nitrogens is 1. The van der Waals surface area contributed by atoms with Crippen molar-refractivity contribution in [2.45, 2.75) is 32.7 Å². The molecule has 1 heterocycles. The lowest BCUT2D eigenvalue weighted by atomic mass is 10.2. The molecule has 0 aliphatic rings. The molecule has 0 unspecified atom stereocenters. The van der Waals surface area contributed by atoms with Crippen LogP contribution in [0, 0.1) is 5.82 Å². The third-order valence-corrected chi connectivity index (χ3v) is 3.47. The highest BCUT2D eigenvalue weighted by molar-refractivity contribution is 5.92. The quantitative estimate of drug-likeness (QED) is 0.729. The molecule has 0 saturated heterocycles. The third-order valence-electron chi connectivity index (χ3n) is 3.47. The summed E-state index contributed by atoms with van der Waals surface area (Å²) in [7, 11) is 0. The molecule has 0 bridgehead atoms. The molecule has 0 atom stereocenters. The average molecular weight is 315 g/mol. The van der Waals surface area contributed by atoms with Crippen molar-refractivity contribution >= 4 is 11.6 Å². The molecule has 122 valence electrons. The van der Waals surface area contributed by atoms with Gasteiger partial charge >= 0.3 is 0 Å². The number of amides is 1. The van der Waals surface area contributed by atoms with Crippen LogP contribution >= 0.6 is 0 Å². The van der Waals surface area contributed by atoms with Gasteiger partial charge in [0.15, 0.2) is 0 Å². The lowest BCUT2D eigenvalue weighted by Gasteiger charge is -2.07. The van der Waals surface area contributed by atoms with E-state index in [1.165, 1.54) is 25.0 Å². The fraction of sp³-hybridized carbons (Fsp3) is 0.333. The van der Waals surface area contributed by atoms with Gasteiger partial charge in [0, 0.05) is 13.1 Å². The fourth-order valence-corrected chi connectivity index (χ4v) is 2.12. The Morgan fingerprint density at radius 1 is 1.13 bits per heavy atom. The van der Waals surface area contributed by atoms with Crippen LogP contribution in [0.5, 0.6) is 0 Å². The first-order chi connectivity index (χ1) is 11.2. The van der Waals surface area contributed by atoms with Gasteiger partial charge in [-0.1, -0.05) is 31.9 Å². The Morgan fingerprint density at radius 2 is 1.91 bits per heavy atom. The number of carbonyl (C=O) groups excluding carboxylic acids is 1. The smallest absolute Gasteiger partial charge is 0.270 e. The molecule has 4 nitrogen and oxygen atoms in total. The molecule has 5 heteroatoms. The van der Waals surface area contributed by atoms with Crippen molar-refractivity contribution in [3.63, 3.8) is 0 Å². The molecule has 2 aromatic rings. The minimum Gasteiger partial charge on any atom is -0.384 e. The van der Waals surface area contributed by atoms with Crippen LogP contribution in [-0.2, 0) is 6.54 Å². The molecule has 2 rings (SSSR count). The summed E-state index contributed by atoms with van der Waals surface area (Å²) in [6.45, 7) is 3.42. The zero-order valence-corrected chi connectivity index (χ0v) is 13.3. The lowest BCUT2D eigenvalue weighted by Crippen LogP contribution is -2.23. The summed E-state index contributed by atoms with van der Waals surface area (Å²) in [5.41, 5.74) is 2.12. The second kappa shape index (κ2) is 8.88. The second-order valence-corrected chi connectivity index (χ2v) is 5.38. The van der Waals surface area contributed by atoms with Gasteiger partial charge in [-0.3, -0.25) is 4.79 Å². The SMILES string of the molecule is CCCCCNc1ccc(C(=O)NCc2ccc(F)cc2)nc1. The monoisotopic (exact) mass is 315 g/mol. The molecule has 0 aliphatic heterocycles. The first-order valence-corrected chi connectivity index (χ1v) is 7.91. The number of pyridine rings is 1. The predicted octanol–water partition coefficient (Wildman–Crippen LogP) is 3.75. The van der Waals surface area contributed by atoms with Crippen LogP contribution < -0.4 is 10.6 Å². The molecular weight excluding hydrogens is 293 g/mol. The second-order valence-electron chi connectivity index (χ2n) is 5.38. The molecule has 0 saturated carbocycles. The number of hydrogen-bond donors (Lipinski definition) is 2. The van der Waals surface area contributed by atoms with Crippen LogP contribution in [0.3, 0.4) is 0 Å². The number of benzene rings is 1. The highest BCUT2D eigenvalue weighted by Gasteiger charge is 2.06. The summed E-state index contributed by atoms with van der Waals surface area (Å²) in [6, 6.07) is 9.59. The summed E-state index contributed by atoms with van der Waals surface area (Å²) in [5.74, 6) is -0.532. The first kappa shape index (κ1) is 16.9. The number of unbranched alkanes of at least 4 members (excludes halogenated alkanes) is 2. The minimum absolute atomic E-state index is 0.244. The molecule has 0 fully saturated rings. The van der Waals surface area contributed by atoms with Crippen LogP contribution in [0.2, 0.25) is 0 Å². The van der Waals surface area contributed by atoms with E-state index in [2.05, 4.69) is 22.5 Å². The fourth-order valence-electron chi connectivity index (χ4n) is 2.12. The molecule has 0 spiro atoms. The van der Waals surface area contributed by atoms with Gasteiger partial charge in [-0.25, -0.2) is 9.37 Å². The summed E-state index contributed by atoms with van der Waals surface area (Å²) >= 11 is 0. The van der Waals surface area contributed by atoms with Crippen molar-refractivity contribution in [3.8, 4) is 0 Å². The minimum atomic E-state index is -0.288. The number of halogens is 1. The molecule has 1 aromatic carbocycles. The Morgan fingerprint density at radius 3 is 2.57 bits per heavy atom. The zero-order chi connectivity index (χ0) is 16.5. The maximum atomic E-state index is 12.8. The molecule has 2 N–H and O–H groups in total. The van der Waals surface area contributed by atoms with E-state index in [1.807, 2.05) is 6.07 Å². The van der Waals surface area contributed by atoms with E-state index in [4.69, 9.17) is 0 Å². The standard InChI is InChI=1S/C18H22FN3O/c1-2-3-4-11-20-16-9-10-17(21-13-16)18(23)22-12-14-5-7-15(19)8-6-14/h5-10,13,20H,2-4,11-12H2,1H3,(H,22,23). The number of nitrogens with one attached hydrogen (secondary N) is 2. The number of anilines is 1. The van der Waals surface area contributed by atoms with Gasteiger partial charge in [0.2, 0.25) is 0 Å². The van der Waals surface area contributed by atoms with Crippen LogP contribution in [0.25, 0.3) is 0 Å². The topological polar surface area (TPSA) is 54.0 Å². The Kier molecular flexibility index (Phi) is 6.54. The lowest BCUT2D eigenvalue weighted by molar-refractivity contribution is 0.0946. The summed E-state index contributed by atoms with van der Waals surface area (Å²) in [5, 5.41) is 6.05. The highest BCUT2D eigenvalue weighted by atomic mass is 19.1. The molecular formula is C18H22FN3O. The van der Waals surface area contributed by atoms with E-state index in [0.717, 1.165) is 24.2 Å². The molecule has 23 heavy (non-hydrogen) atoms. The van der Waals surface area contributed by atoms with Crippen LogP contribution in [0.4, 0.5) is 10.1 Å². The van der Waals surface area contributed by atoms with Crippen molar-refractivity contribution in [2.75, 3.05) is 11.9 Å². The van der Waals surface area contributed by atoms with Crippen molar-refractivity contribution in [3.05, 3.63) is 59.7 Å². The zero-order valence-electron chi connectivity index (χ0n) is 13.3. The summed E-state index contributed by atoms with van der Waals surface area (Å²) in [6.07, 6.45) is 5.17. The van der Waals surface area contributed by atoms with Gasteiger partial charge in [0.1, 0.15) is 11.5 Å². The van der Waals surface area contributed by atoms with Crippen LogP contribution in [-0.4, -0.2) is 17.4 Å². The van der Waals surface area contributed by atoms with E-state index in [0.29, 0.717) is 12.2 Å². The number of hydrogen-bond acceptors (Lipinski definition) is 3. The van der Waals surface area contributed by atoms with Gasteiger partial charge in [-0.2, -0.15) is 0 Å².